The van der Waals surface area contributed by atoms with Crippen LogP contribution in [0.3, 0.4) is 0 Å². The molecule has 4 aromatic rings. The van der Waals surface area contributed by atoms with Gasteiger partial charge in [-0.15, -0.1) is 11.3 Å². The van der Waals surface area contributed by atoms with E-state index in [1.165, 1.54) is 33.1 Å². The lowest BCUT2D eigenvalue weighted by Crippen LogP contribution is -2.25. The number of benzene rings is 2. The predicted octanol–water partition coefficient (Wildman–Crippen LogP) is 4.24. The van der Waals surface area contributed by atoms with Gasteiger partial charge in [0, 0.05) is 53.4 Å². The highest BCUT2D eigenvalue weighted by molar-refractivity contribution is 7.88. The van der Waals surface area contributed by atoms with E-state index in [1.54, 1.807) is 4.90 Å². The summed E-state index contributed by atoms with van der Waals surface area (Å²) >= 11 is 1.41. The van der Waals surface area contributed by atoms with E-state index in [1.807, 2.05) is 19.2 Å². The average Bonchev–Trinajstić information content (AvgIpc) is 3.34. The van der Waals surface area contributed by atoms with Gasteiger partial charge in [0.25, 0.3) is 5.91 Å². The number of carbonyl (C=O) groups excluding carboxylic acids is 1. The molecule has 0 atom stereocenters. The number of amides is 1. The summed E-state index contributed by atoms with van der Waals surface area (Å²) in [5.41, 5.74) is 3.52. The first-order valence-corrected chi connectivity index (χ1v) is 13.3. The van der Waals surface area contributed by atoms with Gasteiger partial charge in [0.2, 0.25) is 10.0 Å². The summed E-state index contributed by atoms with van der Waals surface area (Å²) < 4.78 is 27.2. The van der Waals surface area contributed by atoms with Crippen LogP contribution in [-0.2, 0) is 29.5 Å². The van der Waals surface area contributed by atoms with Crippen molar-refractivity contribution in [3.63, 3.8) is 0 Å². The zero-order chi connectivity index (χ0) is 22.9. The first kappa shape index (κ1) is 22.5. The van der Waals surface area contributed by atoms with Gasteiger partial charge in [0.15, 0.2) is 0 Å². The van der Waals surface area contributed by atoms with Gasteiger partial charge in [-0.25, -0.2) is 13.1 Å². The summed E-state index contributed by atoms with van der Waals surface area (Å²) in [5, 5.41) is 2.43. The fourth-order valence-electron chi connectivity index (χ4n) is 4.06. The Morgan fingerprint density at radius 1 is 1.06 bits per heavy atom. The number of sulfonamides is 1. The highest BCUT2D eigenvalue weighted by Gasteiger charge is 2.16. The van der Waals surface area contributed by atoms with Gasteiger partial charge in [-0.05, 0) is 49.2 Å². The molecule has 168 valence electrons. The third-order valence-electron chi connectivity index (χ3n) is 5.53. The molecule has 0 spiro atoms. The van der Waals surface area contributed by atoms with Crippen molar-refractivity contribution in [2.75, 3.05) is 19.8 Å². The molecule has 0 saturated carbocycles. The van der Waals surface area contributed by atoms with Crippen molar-refractivity contribution in [3.05, 3.63) is 69.9 Å². The number of hydrogen-bond acceptors (Lipinski definition) is 4. The molecule has 0 aliphatic rings. The Bertz CT molecular complexity index is 1390. The Balaban J connectivity index is 1.49. The van der Waals surface area contributed by atoms with E-state index >= 15 is 0 Å². The molecule has 0 saturated heterocycles. The minimum atomic E-state index is -3.20. The summed E-state index contributed by atoms with van der Waals surface area (Å²) in [7, 11) is -1.39. The molecule has 32 heavy (non-hydrogen) atoms. The third-order valence-corrected chi connectivity index (χ3v) is 7.39. The SMILES string of the molecule is CCn1c2ccccc2c2cc(CN(C)C(=O)c3ccc(CCNS(C)(=O)=O)s3)ccc21. The van der Waals surface area contributed by atoms with Crippen molar-refractivity contribution in [2.24, 2.45) is 0 Å². The Kier molecular flexibility index (Phi) is 6.37. The van der Waals surface area contributed by atoms with Crippen LogP contribution in [0, 0.1) is 0 Å². The second-order valence-corrected chi connectivity index (χ2v) is 11.0. The van der Waals surface area contributed by atoms with Gasteiger partial charge in [-0.3, -0.25) is 4.79 Å². The number of para-hydroxylation sites is 1. The monoisotopic (exact) mass is 469 g/mol. The Morgan fingerprint density at radius 2 is 1.81 bits per heavy atom. The molecule has 6 nitrogen and oxygen atoms in total. The largest absolute Gasteiger partial charge is 0.341 e. The Hall–Kier alpha value is -2.68. The van der Waals surface area contributed by atoms with E-state index < -0.39 is 10.0 Å². The molecule has 1 N–H and O–H groups in total. The Morgan fingerprint density at radius 3 is 2.56 bits per heavy atom. The number of aryl methyl sites for hydroxylation is 1. The first-order chi connectivity index (χ1) is 15.3. The first-order valence-electron chi connectivity index (χ1n) is 10.6. The third kappa shape index (κ3) is 4.72. The highest BCUT2D eigenvalue weighted by Crippen LogP contribution is 2.30. The van der Waals surface area contributed by atoms with Crippen molar-refractivity contribution in [3.8, 4) is 0 Å². The lowest BCUT2D eigenvalue weighted by Gasteiger charge is -2.16. The van der Waals surface area contributed by atoms with Gasteiger partial charge in [0.05, 0.1) is 11.1 Å². The molecule has 2 aromatic heterocycles. The van der Waals surface area contributed by atoms with Gasteiger partial charge in [-0.1, -0.05) is 24.3 Å². The maximum Gasteiger partial charge on any atom is 0.263 e. The normalized spacial score (nSPS) is 12.0. The van der Waals surface area contributed by atoms with Gasteiger partial charge >= 0.3 is 0 Å². The molecular formula is C24H27N3O3S2. The molecule has 8 heteroatoms. The lowest BCUT2D eigenvalue weighted by molar-refractivity contribution is 0.0790. The van der Waals surface area contributed by atoms with Crippen LogP contribution < -0.4 is 4.72 Å². The summed E-state index contributed by atoms with van der Waals surface area (Å²) in [5.74, 6) is -0.0339. The smallest absolute Gasteiger partial charge is 0.263 e. The van der Waals surface area contributed by atoms with Crippen molar-refractivity contribution in [1.29, 1.82) is 0 Å². The number of thiophene rings is 1. The molecule has 4 rings (SSSR count). The second kappa shape index (κ2) is 9.05. The lowest BCUT2D eigenvalue weighted by atomic mass is 10.1. The number of carbonyl (C=O) groups is 1. The highest BCUT2D eigenvalue weighted by atomic mass is 32.2. The van der Waals surface area contributed by atoms with E-state index in [2.05, 4.69) is 58.7 Å². The predicted molar refractivity (Wildman–Crippen MR) is 132 cm³/mol. The van der Waals surface area contributed by atoms with Crippen molar-refractivity contribution in [1.82, 2.24) is 14.2 Å². The Labute approximate surface area is 192 Å². The fraction of sp³-hybridized carbons (Fsp3) is 0.292. The maximum absolute atomic E-state index is 12.9. The molecule has 0 radical (unpaired) electrons. The second-order valence-electron chi connectivity index (χ2n) is 7.96. The minimum Gasteiger partial charge on any atom is -0.341 e. The minimum absolute atomic E-state index is 0.0339. The number of hydrogen-bond donors (Lipinski definition) is 1. The molecule has 2 heterocycles. The van der Waals surface area contributed by atoms with E-state index in [0.29, 0.717) is 24.4 Å². The van der Waals surface area contributed by atoms with Crippen LogP contribution in [-0.4, -0.2) is 43.6 Å². The summed E-state index contributed by atoms with van der Waals surface area (Å²) in [6.07, 6.45) is 1.70. The van der Waals surface area contributed by atoms with Crippen LogP contribution in [0.4, 0.5) is 0 Å². The van der Waals surface area contributed by atoms with E-state index in [4.69, 9.17) is 0 Å². The van der Waals surface area contributed by atoms with Crippen molar-refractivity contribution in [2.45, 2.75) is 26.4 Å². The zero-order valence-corrected chi connectivity index (χ0v) is 20.1. The average molecular weight is 470 g/mol. The molecule has 2 aromatic carbocycles. The van der Waals surface area contributed by atoms with E-state index in [9.17, 15) is 13.2 Å². The van der Waals surface area contributed by atoms with E-state index in [-0.39, 0.29) is 5.91 Å². The van der Waals surface area contributed by atoms with E-state index in [0.717, 1.165) is 23.2 Å². The molecule has 0 fully saturated rings. The van der Waals surface area contributed by atoms with Crippen LogP contribution >= 0.6 is 11.3 Å². The number of fused-ring (bicyclic) bond motifs is 3. The number of aromatic nitrogens is 1. The topological polar surface area (TPSA) is 71.4 Å². The molecule has 0 aliphatic heterocycles. The van der Waals surface area contributed by atoms with Crippen LogP contribution in [0.2, 0.25) is 0 Å². The quantitative estimate of drug-likeness (QED) is 0.420. The van der Waals surface area contributed by atoms with Crippen molar-refractivity contribution < 1.29 is 13.2 Å². The summed E-state index contributed by atoms with van der Waals surface area (Å²) in [6, 6.07) is 18.5. The number of rotatable bonds is 8. The standard InChI is InChI=1S/C24H27N3O3S2/c1-4-27-21-8-6-5-7-19(21)20-15-17(9-11-22(20)27)16-26(2)24(28)23-12-10-18(31-23)13-14-25-32(3,29)30/h5-12,15,25H,4,13-14,16H2,1-3H3. The molecule has 0 aliphatic carbocycles. The number of nitrogens with one attached hydrogen (secondary N) is 1. The maximum atomic E-state index is 12.9. The fourth-order valence-corrected chi connectivity index (χ4v) is 5.54. The summed E-state index contributed by atoms with van der Waals surface area (Å²) in [4.78, 5) is 16.3. The molecule has 0 bridgehead atoms. The van der Waals surface area contributed by atoms with Gasteiger partial charge in [0.1, 0.15) is 0 Å². The molecule has 0 unspecified atom stereocenters. The van der Waals surface area contributed by atoms with Crippen LogP contribution in [0.25, 0.3) is 21.8 Å². The summed E-state index contributed by atoms with van der Waals surface area (Å²) in [6.45, 7) is 3.90. The van der Waals surface area contributed by atoms with Gasteiger partial charge < -0.3 is 9.47 Å². The molecular weight excluding hydrogens is 442 g/mol. The van der Waals surface area contributed by atoms with Crippen LogP contribution in [0.1, 0.15) is 27.0 Å². The van der Waals surface area contributed by atoms with Crippen molar-refractivity contribution >= 4 is 49.1 Å². The zero-order valence-electron chi connectivity index (χ0n) is 18.5. The van der Waals surface area contributed by atoms with Crippen LogP contribution in [0.15, 0.2) is 54.6 Å². The van der Waals surface area contributed by atoms with Crippen LogP contribution in [0.5, 0.6) is 0 Å². The number of nitrogens with zero attached hydrogens (tertiary/aromatic N) is 2. The molecule has 1 amide bonds. The van der Waals surface area contributed by atoms with Gasteiger partial charge in [-0.2, -0.15) is 0 Å².